The second kappa shape index (κ2) is 7.84. The molecule has 3 nitrogen and oxygen atoms in total. The van der Waals surface area contributed by atoms with Gasteiger partial charge in [-0.05, 0) is 116 Å². The maximum absolute atomic E-state index is 12.1. The van der Waals surface area contributed by atoms with Crippen molar-refractivity contribution >= 4 is 5.97 Å². The number of fused-ring (bicyclic) bond motifs is 7. The molecule has 0 aromatic rings. The lowest BCUT2D eigenvalue weighted by Crippen LogP contribution is -2.70. The normalized spacial score (nSPS) is 54.6. The third-order valence-corrected chi connectivity index (χ3v) is 13.7. The molecule has 0 aromatic heterocycles. The molecule has 0 radical (unpaired) electrons. The van der Waals surface area contributed by atoms with Crippen LogP contribution in [0.3, 0.4) is 0 Å². The molecule has 5 aliphatic carbocycles. The summed E-state index contributed by atoms with van der Waals surface area (Å²) in [4.78, 5) is 11.9. The molecule has 0 aliphatic heterocycles. The number of carbonyl (C=O) groups is 1. The van der Waals surface area contributed by atoms with Crippen molar-refractivity contribution < 1.29 is 14.6 Å². The van der Waals surface area contributed by atoms with Crippen molar-refractivity contribution in [3.63, 3.8) is 0 Å². The van der Waals surface area contributed by atoms with Crippen LogP contribution in [0.2, 0.25) is 0 Å². The molecular formula is C32H52O3. The number of ether oxygens (including phenoxy) is 1. The summed E-state index contributed by atoms with van der Waals surface area (Å²) in [6.07, 6.45) is 10.2. The third kappa shape index (κ3) is 3.28. The fraction of sp³-hybridized carbons (Fsp3) is 0.906. The molecule has 5 fully saturated rings. The minimum Gasteiger partial charge on any atom is -0.462 e. The van der Waals surface area contributed by atoms with E-state index in [9.17, 15) is 9.90 Å². The van der Waals surface area contributed by atoms with Crippen LogP contribution in [-0.4, -0.2) is 23.3 Å². The van der Waals surface area contributed by atoms with Gasteiger partial charge >= 0.3 is 5.97 Å². The van der Waals surface area contributed by atoms with Crippen LogP contribution in [0.4, 0.5) is 0 Å². The summed E-state index contributed by atoms with van der Waals surface area (Å²) in [5, 5.41) is 12.1. The van der Waals surface area contributed by atoms with Crippen LogP contribution in [0.15, 0.2) is 12.2 Å². The van der Waals surface area contributed by atoms with Crippen LogP contribution in [0.5, 0.6) is 0 Å². The molecule has 0 spiro atoms. The summed E-state index contributed by atoms with van der Waals surface area (Å²) < 4.78 is 5.88. The molecule has 5 saturated carbocycles. The van der Waals surface area contributed by atoms with E-state index in [1.807, 2.05) is 0 Å². The van der Waals surface area contributed by atoms with Gasteiger partial charge in [0.1, 0.15) is 6.10 Å². The highest BCUT2D eigenvalue weighted by Gasteiger charge is 2.72. The molecule has 5 aliphatic rings. The lowest BCUT2D eigenvalue weighted by molar-refractivity contribution is -0.276. The highest BCUT2D eigenvalue weighted by atomic mass is 16.5. The molecule has 0 unspecified atom stereocenters. The first kappa shape index (κ1) is 25.8. The Bertz CT molecular complexity index is 906. The standard InChI is InChI=1S/C32H52O3/c1-19(2)21-10-13-29(6)16-17-31(8)22(26(21)29)18-23(34)27-30(7)14-12-25(35-20(3)33)28(4,5)24(30)11-15-32(27,31)9/h21-27,34H,1,10-18H2,2-9H3/t21-,22+,23+,24-,25+,26+,27+,29+,30-,31+,32+/m0/s1. The topological polar surface area (TPSA) is 46.5 Å². The molecule has 35 heavy (non-hydrogen) atoms. The Hall–Kier alpha value is -0.830. The lowest BCUT2D eigenvalue weighted by Gasteiger charge is -2.73. The fourth-order valence-electron chi connectivity index (χ4n) is 11.9. The number of allylic oxidation sites excluding steroid dienone is 1. The van der Waals surface area contributed by atoms with E-state index in [1.165, 1.54) is 44.1 Å². The number of aliphatic hydroxyl groups excluding tert-OH is 1. The first-order valence-corrected chi connectivity index (χ1v) is 14.6. The van der Waals surface area contributed by atoms with Crippen molar-refractivity contribution in [3.05, 3.63) is 12.2 Å². The summed E-state index contributed by atoms with van der Waals surface area (Å²) in [5.41, 5.74) is 2.16. The Balaban J connectivity index is 1.54. The fourth-order valence-corrected chi connectivity index (χ4v) is 11.9. The van der Waals surface area contributed by atoms with Gasteiger partial charge < -0.3 is 9.84 Å². The van der Waals surface area contributed by atoms with Gasteiger partial charge in [-0.1, -0.05) is 53.7 Å². The largest absolute Gasteiger partial charge is 0.462 e. The Kier molecular flexibility index (Phi) is 5.78. The maximum atomic E-state index is 12.1. The summed E-state index contributed by atoms with van der Waals surface area (Å²) in [6.45, 7) is 23.2. The number of hydrogen-bond donors (Lipinski definition) is 1. The zero-order valence-corrected chi connectivity index (χ0v) is 23.9. The number of esters is 1. The Morgan fingerprint density at radius 3 is 2.20 bits per heavy atom. The first-order chi connectivity index (χ1) is 16.1. The van der Waals surface area contributed by atoms with E-state index in [0.29, 0.717) is 35.0 Å². The molecule has 3 heteroatoms. The summed E-state index contributed by atoms with van der Waals surface area (Å²) in [5.74, 6) is 2.46. The zero-order valence-electron chi connectivity index (χ0n) is 23.9. The van der Waals surface area contributed by atoms with E-state index in [2.05, 4.69) is 55.0 Å². The highest BCUT2D eigenvalue weighted by molar-refractivity contribution is 5.66. The van der Waals surface area contributed by atoms with Gasteiger partial charge in [-0.2, -0.15) is 0 Å². The van der Waals surface area contributed by atoms with Gasteiger partial charge in [-0.25, -0.2) is 0 Å². The van der Waals surface area contributed by atoms with Gasteiger partial charge in [0.05, 0.1) is 6.10 Å². The van der Waals surface area contributed by atoms with Gasteiger partial charge in [-0.3, -0.25) is 4.79 Å². The minimum absolute atomic E-state index is 0.0169. The van der Waals surface area contributed by atoms with Crippen molar-refractivity contribution in [2.75, 3.05) is 0 Å². The van der Waals surface area contributed by atoms with Crippen LogP contribution in [-0.2, 0) is 9.53 Å². The average molecular weight is 485 g/mol. The first-order valence-electron chi connectivity index (χ1n) is 14.6. The summed E-state index contributed by atoms with van der Waals surface area (Å²) in [7, 11) is 0. The van der Waals surface area contributed by atoms with E-state index >= 15 is 0 Å². The number of carbonyl (C=O) groups excluding carboxylic acids is 1. The van der Waals surface area contributed by atoms with Crippen molar-refractivity contribution in [3.8, 4) is 0 Å². The molecule has 0 amide bonds. The van der Waals surface area contributed by atoms with Crippen LogP contribution < -0.4 is 0 Å². The molecule has 1 N–H and O–H groups in total. The second-order valence-corrected chi connectivity index (χ2v) is 15.4. The van der Waals surface area contributed by atoms with E-state index in [-0.39, 0.29) is 39.8 Å². The predicted octanol–water partition coefficient (Wildman–Crippen LogP) is 7.57. The van der Waals surface area contributed by atoms with Crippen molar-refractivity contribution in [1.29, 1.82) is 0 Å². The molecule has 11 atom stereocenters. The highest BCUT2D eigenvalue weighted by Crippen LogP contribution is 2.77. The summed E-state index contributed by atoms with van der Waals surface area (Å²) >= 11 is 0. The van der Waals surface area contributed by atoms with Gasteiger partial charge in [-0.15, -0.1) is 0 Å². The Morgan fingerprint density at radius 1 is 0.886 bits per heavy atom. The van der Waals surface area contributed by atoms with E-state index < -0.39 is 0 Å². The van der Waals surface area contributed by atoms with E-state index in [4.69, 9.17) is 4.74 Å². The van der Waals surface area contributed by atoms with E-state index in [1.54, 1.807) is 6.92 Å². The predicted molar refractivity (Wildman–Crippen MR) is 142 cm³/mol. The maximum Gasteiger partial charge on any atom is 0.302 e. The summed E-state index contributed by atoms with van der Waals surface area (Å²) in [6, 6.07) is 0. The molecule has 5 rings (SSSR count). The van der Waals surface area contributed by atoms with Gasteiger partial charge in [0.25, 0.3) is 0 Å². The number of rotatable bonds is 2. The van der Waals surface area contributed by atoms with Gasteiger partial charge in [0, 0.05) is 12.3 Å². The Morgan fingerprint density at radius 2 is 1.57 bits per heavy atom. The number of hydrogen-bond acceptors (Lipinski definition) is 3. The van der Waals surface area contributed by atoms with Crippen molar-refractivity contribution in [1.82, 2.24) is 0 Å². The zero-order chi connectivity index (χ0) is 25.8. The van der Waals surface area contributed by atoms with Crippen LogP contribution >= 0.6 is 0 Å². The molecule has 198 valence electrons. The SMILES string of the molecule is C=C(C)[C@@H]1CC[C@]2(C)CC[C@]3(C)[C@H](C[C@@H](O)[C@@H]4[C@@]5(C)CC[C@@H](OC(C)=O)C(C)(C)[C@@H]5CC[C@]43C)[C@@H]12. The van der Waals surface area contributed by atoms with Gasteiger partial charge in [0.2, 0.25) is 0 Å². The van der Waals surface area contributed by atoms with Crippen LogP contribution in [0.1, 0.15) is 113 Å². The smallest absolute Gasteiger partial charge is 0.302 e. The van der Waals surface area contributed by atoms with Crippen molar-refractivity contribution in [2.24, 2.45) is 56.7 Å². The van der Waals surface area contributed by atoms with Gasteiger partial charge in [0.15, 0.2) is 0 Å². The van der Waals surface area contributed by atoms with E-state index in [0.717, 1.165) is 19.3 Å². The van der Waals surface area contributed by atoms with Crippen LogP contribution in [0.25, 0.3) is 0 Å². The minimum atomic E-state index is -0.249. The lowest BCUT2D eigenvalue weighted by atomic mass is 9.32. The monoisotopic (exact) mass is 484 g/mol. The quantitative estimate of drug-likeness (QED) is 0.325. The third-order valence-electron chi connectivity index (χ3n) is 13.7. The molecule has 0 saturated heterocycles. The molecule has 0 heterocycles. The average Bonchev–Trinajstić information content (AvgIpc) is 3.09. The molecule has 0 aromatic carbocycles. The van der Waals surface area contributed by atoms with Crippen molar-refractivity contribution in [2.45, 2.75) is 125 Å². The second-order valence-electron chi connectivity index (χ2n) is 15.4. The Labute approximate surface area is 214 Å². The molecule has 0 bridgehead atoms. The number of aliphatic hydroxyl groups is 1. The molecular weight excluding hydrogens is 432 g/mol. The van der Waals surface area contributed by atoms with Crippen LogP contribution in [0, 0.1) is 56.7 Å².